The number of hydrogen-bond acceptors (Lipinski definition) is 3. The van der Waals surface area contributed by atoms with Gasteiger partial charge in [-0.15, -0.1) is 0 Å². The van der Waals surface area contributed by atoms with Crippen molar-refractivity contribution in [3.05, 3.63) is 48.2 Å². The topological polar surface area (TPSA) is 68.0 Å². The number of aliphatic carboxylic acids is 1. The highest BCUT2D eigenvalue weighted by molar-refractivity contribution is 5.80. The predicted octanol–water partition coefficient (Wildman–Crippen LogP) is 3.20. The molecule has 0 amide bonds. The number of hydrogen-bond donors (Lipinski definition) is 1. The van der Waals surface area contributed by atoms with E-state index in [1.807, 2.05) is 0 Å². The fourth-order valence-corrected chi connectivity index (χ4v) is 2.37. The largest absolute Gasteiger partial charge is 0.480 e. The van der Waals surface area contributed by atoms with Gasteiger partial charge in [-0.2, -0.15) is 13.2 Å². The van der Waals surface area contributed by atoms with E-state index in [0.717, 1.165) is 6.07 Å². The monoisotopic (exact) mass is 321 g/mol. The van der Waals surface area contributed by atoms with Crippen molar-refractivity contribution in [2.45, 2.75) is 12.7 Å². The molecule has 3 rings (SSSR count). The Morgan fingerprint density at radius 3 is 2.61 bits per heavy atom. The molecular weight excluding hydrogens is 311 g/mol. The van der Waals surface area contributed by atoms with Crippen LogP contribution < -0.4 is 0 Å². The minimum absolute atomic E-state index is 0.0750. The molecule has 23 heavy (non-hydrogen) atoms. The molecule has 2 heterocycles. The van der Waals surface area contributed by atoms with Gasteiger partial charge >= 0.3 is 12.1 Å². The fraction of sp³-hybridized carbons (Fsp3) is 0.133. The maximum absolute atomic E-state index is 13.2. The Hall–Kier alpha value is -2.90. The van der Waals surface area contributed by atoms with Gasteiger partial charge in [-0.25, -0.2) is 9.97 Å². The number of imidazole rings is 1. The number of nitrogens with zero attached hydrogens (tertiary/aromatic N) is 3. The average molecular weight is 321 g/mol. The Labute approximate surface area is 128 Å². The summed E-state index contributed by atoms with van der Waals surface area (Å²) >= 11 is 0. The standard InChI is InChI=1S/C15H10F3N3O2/c16-15(17,18)10-5-2-1-4-9(10)13-20-11-6-3-7-19-14(11)21(13)8-12(22)23/h1-7H,8H2,(H,22,23). The lowest BCUT2D eigenvalue weighted by Crippen LogP contribution is -2.13. The minimum Gasteiger partial charge on any atom is -0.480 e. The number of carbonyl (C=O) groups is 1. The fourth-order valence-electron chi connectivity index (χ4n) is 2.37. The average Bonchev–Trinajstić information content (AvgIpc) is 2.85. The van der Waals surface area contributed by atoms with Crippen molar-refractivity contribution in [3.8, 4) is 11.4 Å². The zero-order valence-electron chi connectivity index (χ0n) is 11.6. The van der Waals surface area contributed by atoms with Crippen LogP contribution in [0, 0.1) is 0 Å². The molecule has 0 aliphatic carbocycles. The molecule has 0 radical (unpaired) electrons. The molecule has 8 heteroatoms. The van der Waals surface area contributed by atoms with E-state index in [-0.39, 0.29) is 17.0 Å². The summed E-state index contributed by atoms with van der Waals surface area (Å²) < 4.78 is 40.8. The van der Waals surface area contributed by atoms with Crippen LogP contribution in [-0.2, 0) is 17.5 Å². The number of aromatic nitrogens is 3. The Morgan fingerprint density at radius 1 is 1.17 bits per heavy atom. The normalized spacial score (nSPS) is 11.8. The molecule has 118 valence electrons. The maximum atomic E-state index is 13.2. The van der Waals surface area contributed by atoms with E-state index in [2.05, 4.69) is 9.97 Å². The van der Waals surface area contributed by atoms with Crippen molar-refractivity contribution in [2.24, 2.45) is 0 Å². The highest BCUT2D eigenvalue weighted by Gasteiger charge is 2.34. The molecule has 2 aromatic heterocycles. The van der Waals surface area contributed by atoms with Gasteiger partial charge in [-0.1, -0.05) is 18.2 Å². The number of pyridine rings is 1. The van der Waals surface area contributed by atoms with Crippen LogP contribution in [0.5, 0.6) is 0 Å². The summed E-state index contributed by atoms with van der Waals surface area (Å²) in [7, 11) is 0. The van der Waals surface area contributed by atoms with Gasteiger partial charge in [0.05, 0.1) is 5.56 Å². The van der Waals surface area contributed by atoms with Crippen LogP contribution >= 0.6 is 0 Å². The number of alkyl halides is 3. The summed E-state index contributed by atoms with van der Waals surface area (Å²) in [5.41, 5.74) is -0.496. The Morgan fingerprint density at radius 2 is 1.91 bits per heavy atom. The molecule has 5 nitrogen and oxygen atoms in total. The van der Waals surface area contributed by atoms with E-state index in [4.69, 9.17) is 5.11 Å². The van der Waals surface area contributed by atoms with Crippen LogP contribution in [0.1, 0.15) is 5.56 Å². The van der Waals surface area contributed by atoms with Crippen molar-refractivity contribution in [2.75, 3.05) is 0 Å². The Bertz CT molecular complexity index is 887. The van der Waals surface area contributed by atoms with Crippen LogP contribution in [0.25, 0.3) is 22.6 Å². The van der Waals surface area contributed by atoms with Crippen LogP contribution in [0.2, 0.25) is 0 Å². The first-order valence-electron chi connectivity index (χ1n) is 6.57. The molecular formula is C15H10F3N3O2. The van der Waals surface area contributed by atoms with Crippen LogP contribution in [0.15, 0.2) is 42.6 Å². The van der Waals surface area contributed by atoms with Gasteiger partial charge in [0.15, 0.2) is 5.65 Å². The van der Waals surface area contributed by atoms with Crippen molar-refractivity contribution in [1.82, 2.24) is 14.5 Å². The molecule has 0 aliphatic heterocycles. The second-order valence-corrected chi connectivity index (χ2v) is 4.80. The lowest BCUT2D eigenvalue weighted by Gasteiger charge is -2.13. The highest BCUT2D eigenvalue weighted by Crippen LogP contribution is 2.37. The molecule has 0 fully saturated rings. The number of rotatable bonds is 3. The van der Waals surface area contributed by atoms with Crippen LogP contribution in [-0.4, -0.2) is 25.6 Å². The number of benzene rings is 1. The minimum atomic E-state index is -4.57. The molecule has 0 aliphatic rings. The summed E-state index contributed by atoms with van der Waals surface area (Å²) in [6, 6.07) is 8.08. The van der Waals surface area contributed by atoms with E-state index in [9.17, 15) is 18.0 Å². The summed E-state index contributed by atoms with van der Waals surface area (Å²) in [6.07, 6.45) is -3.14. The molecule has 0 bridgehead atoms. The molecule has 0 atom stereocenters. The van der Waals surface area contributed by atoms with E-state index in [1.54, 1.807) is 12.1 Å². The van der Waals surface area contributed by atoms with Gasteiger partial charge in [0.1, 0.15) is 17.9 Å². The highest BCUT2D eigenvalue weighted by atomic mass is 19.4. The van der Waals surface area contributed by atoms with Crippen molar-refractivity contribution in [1.29, 1.82) is 0 Å². The molecule has 1 N–H and O–H groups in total. The van der Waals surface area contributed by atoms with E-state index in [0.29, 0.717) is 5.52 Å². The summed E-state index contributed by atoms with van der Waals surface area (Å²) in [4.78, 5) is 19.3. The van der Waals surface area contributed by atoms with E-state index >= 15 is 0 Å². The third kappa shape index (κ3) is 2.75. The van der Waals surface area contributed by atoms with Gasteiger partial charge in [0.25, 0.3) is 0 Å². The van der Waals surface area contributed by atoms with Crippen molar-refractivity contribution >= 4 is 17.1 Å². The lowest BCUT2D eigenvalue weighted by molar-refractivity contribution is -0.137. The first kappa shape index (κ1) is 15.0. The smallest absolute Gasteiger partial charge is 0.417 e. The first-order valence-corrected chi connectivity index (χ1v) is 6.57. The van der Waals surface area contributed by atoms with Gasteiger partial charge in [0.2, 0.25) is 0 Å². The lowest BCUT2D eigenvalue weighted by atomic mass is 10.1. The van der Waals surface area contributed by atoms with Crippen molar-refractivity contribution in [3.63, 3.8) is 0 Å². The maximum Gasteiger partial charge on any atom is 0.417 e. The Kier molecular flexibility index (Phi) is 3.51. The van der Waals surface area contributed by atoms with Crippen LogP contribution in [0.3, 0.4) is 0 Å². The third-order valence-electron chi connectivity index (χ3n) is 3.27. The second-order valence-electron chi connectivity index (χ2n) is 4.80. The van der Waals surface area contributed by atoms with Crippen LogP contribution in [0.4, 0.5) is 13.2 Å². The zero-order chi connectivity index (χ0) is 16.6. The SMILES string of the molecule is O=C(O)Cn1c(-c2ccccc2C(F)(F)F)nc2cccnc21. The van der Waals surface area contributed by atoms with Gasteiger partial charge in [-0.3, -0.25) is 9.36 Å². The summed E-state index contributed by atoms with van der Waals surface area (Å²) in [5.74, 6) is -1.27. The molecule has 0 unspecified atom stereocenters. The number of carboxylic acids is 1. The van der Waals surface area contributed by atoms with Gasteiger partial charge in [-0.05, 0) is 18.2 Å². The summed E-state index contributed by atoms with van der Waals surface area (Å²) in [6.45, 7) is -0.533. The number of carboxylic acid groups (broad SMARTS) is 1. The molecule has 0 saturated carbocycles. The van der Waals surface area contributed by atoms with E-state index < -0.39 is 24.3 Å². The Balaban J connectivity index is 2.31. The first-order chi connectivity index (χ1) is 10.9. The molecule has 1 aromatic carbocycles. The molecule has 0 spiro atoms. The third-order valence-corrected chi connectivity index (χ3v) is 3.27. The van der Waals surface area contributed by atoms with Crippen molar-refractivity contribution < 1.29 is 23.1 Å². The predicted molar refractivity (Wildman–Crippen MR) is 75.6 cm³/mol. The zero-order valence-corrected chi connectivity index (χ0v) is 11.6. The quantitative estimate of drug-likeness (QED) is 0.804. The molecule has 0 saturated heterocycles. The van der Waals surface area contributed by atoms with Gasteiger partial charge in [0, 0.05) is 11.8 Å². The summed E-state index contributed by atoms with van der Waals surface area (Å²) in [5, 5.41) is 9.05. The molecule has 3 aromatic rings. The second kappa shape index (κ2) is 5.38. The van der Waals surface area contributed by atoms with E-state index in [1.165, 1.54) is 29.0 Å². The number of halogens is 3. The number of fused-ring (bicyclic) bond motifs is 1. The van der Waals surface area contributed by atoms with Gasteiger partial charge < -0.3 is 5.11 Å².